The molecule has 0 aliphatic rings. The minimum atomic E-state index is -0.245. The molecule has 106 valence electrons. The number of rotatable bonds is 6. The molecule has 5 nitrogen and oxygen atoms in total. The van der Waals surface area contributed by atoms with Gasteiger partial charge in [0, 0.05) is 24.5 Å². The summed E-state index contributed by atoms with van der Waals surface area (Å²) < 4.78 is 6.99. The first-order valence-corrected chi connectivity index (χ1v) is 6.64. The molecule has 5 heteroatoms. The first-order chi connectivity index (χ1) is 9.76. The Morgan fingerprint density at radius 1 is 1.35 bits per heavy atom. The monoisotopic (exact) mass is 273 g/mol. The smallest absolute Gasteiger partial charge is 0.347 e. The van der Waals surface area contributed by atoms with E-state index in [-0.39, 0.29) is 11.7 Å². The van der Waals surface area contributed by atoms with Crippen molar-refractivity contribution in [2.75, 3.05) is 13.7 Å². The van der Waals surface area contributed by atoms with Gasteiger partial charge in [-0.15, -0.1) is 0 Å². The minimum Gasteiger partial charge on any atom is -0.496 e. The summed E-state index contributed by atoms with van der Waals surface area (Å²) in [7, 11) is 1.65. The third-order valence-electron chi connectivity index (χ3n) is 3.13. The van der Waals surface area contributed by atoms with Crippen LogP contribution < -0.4 is 15.7 Å². The zero-order chi connectivity index (χ0) is 14.4. The fraction of sp³-hybridized carbons (Fsp3) is 0.333. The number of aromatic nitrogens is 2. The summed E-state index contributed by atoms with van der Waals surface area (Å²) >= 11 is 0. The molecule has 0 aliphatic carbocycles. The van der Waals surface area contributed by atoms with E-state index >= 15 is 0 Å². The molecule has 2 rings (SSSR count). The molecule has 1 aromatic heterocycles. The van der Waals surface area contributed by atoms with Crippen LogP contribution in [0.4, 0.5) is 0 Å². The van der Waals surface area contributed by atoms with Gasteiger partial charge < -0.3 is 10.1 Å². The number of methoxy groups -OCH3 is 1. The van der Waals surface area contributed by atoms with Gasteiger partial charge in [-0.05, 0) is 18.7 Å². The lowest BCUT2D eigenvalue weighted by Crippen LogP contribution is -2.31. The third kappa shape index (κ3) is 3.24. The van der Waals surface area contributed by atoms with E-state index in [0.717, 1.165) is 17.9 Å². The van der Waals surface area contributed by atoms with E-state index in [2.05, 4.69) is 10.3 Å². The molecule has 1 unspecified atom stereocenters. The Morgan fingerprint density at radius 3 is 2.85 bits per heavy atom. The molecule has 0 saturated carbocycles. The lowest BCUT2D eigenvalue weighted by molar-refractivity contribution is 0.389. The number of hydrogen-bond acceptors (Lipinski definition) is 4. The van der Waals surface area contributed by atoms with Crippen LogP contribution in [0.5, 0.6) is 5.75 Å². The Hall–Kier alpha value is -2.14. The van der Waals surface area contributed by atoms with Gasteiger partial charge in [0.2, 0.25) is 0 Å². The molecule has 20 heavy (non-hydrogen) atoms. The summed E-state index contributed by atoms with van der Waals surface area (Å²) in [5.74, 6) is 0.815. The molecule has 0 saturated heterocycles. The average molecular weight is 273 g/mol. The summed E-state index contributed by atoms with van der Waals surface area (Å²) in [5.41, 5.74) is 0.790. The van der Waals surface area contributed by atoms with Gasteiger partial charge in [-0.1, -0.05) is 25.1 Å². The van der Waals surface area contributed by atoms with Crippen LogP contribution in [-0.2, 0) is 6.54 Å². The van der Waals surface area contributed by atoms with Crippen LogP contribution in [0.2, 0.25) is 0 Å². The predicted octanol–water partition coefficient (Wildman–Crippen LogP) is 1.60. The molecule has 0 fully saturated rings. The second kappa shape index (κ2) is 6.86. The third-order valence-corrected chi connectivity index (χ3v) is 3.13. The zero-order valence-electron chi connectivity index (χ0n) is 11.7. The van der Waals surface area contributed by atoms with Crippen molar-refractivity contribution in [2.45, 2.75) is 19.5 Å². The van der Waals surface area contributed by atoms with Crippen LogP contribution in [-0.4, -0.2) is 23.2 Å². The van der Waals surface area contributed by atoms with E-state index in [9.17, 15) is 4.79 Å². The van der Waals surface area contributed by atoms with Crippen LogP contribution in [0, 0.1) is 0 Å². The van der Waals surface area contributed by atoms with Gasteiger partial charge in [0.15, 0.2) is 0 Å². The second-order valence-electron chi connectivity index (χ2n) is 4.41. The normalized spacial score (nSPS) is 12.1. The van der Waals surface area contributed by atoms with Gasteiger partial charge in [-0.25, -0.2) is 9.78 Å². The van der Waals surface area contributed by atoms with Crippen molar-refractivity contribution in [1.82, 2.24) is 14.9 Å². The number of nitrogens with one attached hydrogen (secondary N) is 1. The SMILES string of the molecule is CCNC(Cn1cccnc1=O)c1ccccc1OC. The Labute approximate surface area is 118 Å². The maximum atomic E-state index is 11.7. The highest BCUT2D eigenvalue weighted by Crippen LogP contribution is 2.25. The van der Waals surface area contributed by atoms with Crippen LogP contribution in [0.1, 0.15) is 18.5 Å². The Kier molecular flexibility index (Phi) is 4.90. The van der Waals surface area contributed by atoms with Gasteiger partial charge >= 0.3 is 5.69 Å². The first kappa shape index (κ1) is 14.3. The molecule has 1 aromatic carbocycles. The highest BCUT2D eigenvalue weighted by molar-refractivity contribution is 5.35. The van der Waals surface area contributed by atoms with Gasteiger partial charge in [0.05, 0.1) is 13.2 Å². The van der Waals surface area contributed by atoms with Crippen molar-refractivity contribution in [2.24, 2.45) is 0 Å². The van der Waals surface area contributed by atoms with Crippen molar-refractivity contribution < 1.29 is 4.74 Å². The maximum absolute atomic E-state index is 11.7. The number of ether oxygens (including phenoxy) is 1. The molecule has 0 aliphatic heterocycles. The zero-order valence-corrected chi connectivity index (χ0v) is 11.7. The van der Waals surface area contributed by atoms with Crippen molar-refractivity contribution in [3.63, 3.8) is 0 Å². The number of nitrogens with zero attached hydrogens (tertiary/aromatic N) is 2. The van der Waals surface area contributed by atoms with E-state index < -0.39 is 0 Å². The van der Waals surface area contributed by atoms with Crippen LogP contribution in [0.3, 0.4) is 0 Å². The van der Waals surface area contributed by atoms with Crippen molar-refractivity contribution in [3.8, 4) is 5.75 Å². The molecule has 0 radical (unpaired) electrons. The summed E-state index contributed by atoms with van der Waals surface area (Å²) in [6.07, 6.45) is 3.25. The quantitative estimate of drug-likeness (QED) is 0.868. The Morgan fingerprint density at radius 2 is 2.15 bits per heavy atom. The number of para-hydroxylation sites is 1. The average Bonchev–Trinajstić information content (AvgIpc) is 2.49. The topological polar surface area (TPSA) is 56.2 Å². The fourth-order valence-electron chi connectivity index (χ4n) is 2.20. The molecule has 0 bridgehead atoms. The van der Waals surface area contributed by atoms with E-state index in [0.29, 0.717) is 6.54 Å². The number of benzene rings is 1. The summed E-state index contributed by atoms with van der Waals surface area (Å²) in [4.78, 5) is 15.5. The highest BCUT2D eigenvalue weighted by atomic mass is 16.5. The summed E-state index contributed by atoms with van der Waals surface area (Å²) in [6, 6.07) is 9.58. The van der Waals surface area contributed by atoms with Crippen LogP contribution in [0.25, 0.3) is 0 Å². The van der Waals surface area contributed by atoms with Gasteiger partial charge in [0.1, 0.15) is 5.75 Å². The highest BCUT2D eigenvalue weighted by Gasteiger charge is 2.15. The Bertz CT molecular complexity index is 610. The number of hydrogen-bond donors (Lipinski definition) is 1. The van der Waals surface area contributed by atoms with E-state index in [4.69, 9.17) is 4.74 Å². The summed E-state index contributed by atoms with van der Waals surface area (Å²) in [6.45, 7) is 3.35. The van der Waals surface area contributed by atoms with E-state index in [1.165, 1.54) is 6.20 Å². The van der Waals surface area contributed by atoms with E-state index in [1.54, 1.807) is 23.9 Å². The largest absolute Gasteiger partial charge is 0.496 e. The number of likely N-dealkylation sites (N-methyl/N-ethyl adjacent to an activating group) is 1. The first-order valence-electron chi connectivity index (χ1n) is 6.64. The van der Waals surface area contributed by atoms with Gasteiger partial charge in [0.25, 0.3) is 0 Å². The Balaban J connectivity index is 2.32. The van der Waals surface area contributed by atoms with Gasteiger partial charge in [-0.3, -0.25) is 4.57 Å². The molecule has 0 amide bonds. The lowest BCUT2D eigenvalue weighted by atomic mass is 10.1. The molecule has 2 aromatic rings. The molecular formula is C15H19N3O2. The van der Waals surface area contributed by atoms with Crippen LogP contribution in [0.15, 0.2) is 47.5 Å². The fourth-order valence-corrected chi connectivity index (χ4v) is 2.20. The lowest BCUT2D eigenvalue weighted by Gasteiger charge is -2.21. The predicted molar refractivity (Wildman–Crippen MR) is 77.9 cm³/mol. The molecule has 1 heterocycles. The molecule has 1 atom stereocenters. The summed E-state index contributed by atoms with van der Waals surface area (Å²) in [5, 5.41) is 3.38. The van der Waals surface area contributed by atoms with E-state index in [1.807, 2.05) is 31.2 Å². The maximum Gasteiger partial charge on any atom is 0.347 e. The molecular weight excluding hydrogens is 254 g/mol. The van der Waals surface area contributed by atoms with Crippen molar-refractivity contribution in [3.05, 3.63) is 58.8 Å². The standard InChI is InChI=1S/C15H19N3O2/c1-3-16-13(11-18-10-6-9-17-15(18)19)12-7-4-5-8-14(12)20-2/h4-10,13,16H,3,11H2,1-2H3. The second-order valence-corrected chi connectivity index (χ2v) is 4.41. The van der Waals surface area contributed by atoms with Crippen molar-refractivity contribution >= 4 is 0 Å². The molecule has 1 N–H and O–H groups in total. The van der Waals surface area contributed by atoms with Gasteiger partial charge in [-0.2, -0.15) is 0 Å². The minimum absolute atomic E-state index is 0.00181. The molecule has 0 spiro atoms. The van der Waals surface area contributed by atoms with Crippen LogP contribution >= 0.6 is 0 Å². The van der Waals surface area contributed by atoms with Crippen molar-refractivity contribution in [1.29, 1.82) is 0 Å².